The Morgan fingerprint density at radius 1 is 1.15 bits per heavy atom. The van der Waals surface area contributed by atoms with E-state index in [1.807, 2.05) is 0 Å². The molecule has 10 heteroatoms. The van der Waals surface area contributed by atoms with Crippen LogP contribution in [0.5, 0.6) is 0 Å². The lowest BCUT2D eigenvalue weighted by Gasteiger charge is -2.10. The van der Waals surface area contributed by atoms with Gasteiger partial charge in [0, 0.05) is 13.6 Å². The first-order valence-corrected chi connectivity index (χ1v) is 9.63. The maximum atomic E-state index is 12.7. The van der Waals surface area contributed by atoms with Gasteiger partial charge < -0.3 is 4.57 Å². The predicted octanol–water partition coefficient (Wildman–Crippen LogP) is 3.10. The van der Waals surface area contributed by atoms with Crippen LogP contribution < -0.4 is 9.60 Å². The van der Waals surface area contributed by atoms with Gasteiger partial charge >= 0.3 is 11.0 Å². The molecule has 0 spiro atoms. The minimum atomic E-state index is -4.50. The van der Waals surface area contributed by atoms with E-state index in [2.05, 4.69) is 4.72 Å². The lowest BCUT2D eigenvalue weighted by molar-refractivity contribution is -0.137. The molecule has 3 aromatic rings. The van der Waals surface area contributed by atoms with Crippen molar-refractivity contribution in [2.24, 2.45) is 7.05 Å². The molecule has 138 valence electrons. The van der Waals surface area contributed by atoms with Crippen LogP contribution in [0.15, 0.2) is 52.2 Å². The van der Waals surface area contributed by atoms with E-state index in [9.17, 15) is 26.4 Å². The number of aromatic nitrogens is 1. The van der Waals surface area contributed by atoms with Gasteiger partial charge in [0.1, 0.15) is 0 Å². The molecular weight excluding hydrogens is 389 g/mol. The normalized spacial score (nSPS) is 12.6. The van der Waals surface area contributed by atoms with E-state index >= 15 is 0 Å². The molecule has 0 amide bonds. The van der Waals surface area contributed by atoms with Crippen molar-refractivity contribution in [1.29, 1.82) is 0 Å². The highest BCUT2D eigenvalue weighted by Gasteiger charge is 2.30. The Morgan fingerprint density at radius 2 is 1.88 bits per heavy atom. The number of nitrogens with zero attached hydrogens (tertiary/aromatic N) is 1. The maximum absolute atomic E-state index is 12.7. The number of sulfonamides is 1. The van der Waals surface area contributed by atoms with Gasteiger partial charge in [-0.05, 0) is 29.8 Å². The summed E-state index contributed by atoms with van der Waals surface area (Å²) in [5.74, 6) is 0. The zero-order chi connectivity index (χ0) is 19.1. The molecule has 0 atom stereocenters. The third-order valence-corrected chi connectivity index (χ3v) is 6.19. The summed E-state index contributed by atoms with van der Waals surface area (Å²) in [6.07, 6.45) is -4.50. The molecule has 1 aromatic heterocycles. The molecule has 0 aliphatic heterocycles. The van der Waals surface area contributed by atoms with E-state index in [0.29, 0.717) is 10.2 Å². The van der Waals surface area contributed by atoms with Gasteiger partial charge in [0.15, 0.2) is 0 Å². The van der Waals surface area contributed by atoms with Gasteiger partial charge in [-0.3, -0.25) is 4.79 Å². The largest absolute Gasteiger partial charge is 0.416 e. The van der Waals surface area contributed by atoms with Gasteiger partial charge in [-0.25, -0.2) is 13.1 Å². The number of nitrogens with one attached hydrogen (secondary N) is 1. The van der Waals surface area contributed by atoms with Crippen LogP contribution in [-0.4, -0.2) is 13.0 Å². The first-order valence-electron chi connectivity index (χ1n) is 7.33. The van der Waals surface area contributed by atoms with Gasteiger partial charge in [-0.1, -0.05) is 29.5 Å². The third kappa shape index (κ3) is 3.67. The average molecular weight is 402 g/mol. The van der Waals surface area contributed by atoms with Gasteiger partial charge in [0.05, 0.1) is 20.7 Å². The maximum Gasteiger partial charge on any atom is 0.416 e. The zero-order valence-electron chi connectivity index (χ0n) is 13.4. The van der Waals surface area contributed by atoms with E-state index in [-0.39, 0.29) is 21.9 Å². The fraction of sp³-hybridized carbons (Fsp3) is 0.188. The van der Waals surface area contributed by atoms with Crippen molar-refractivity contribution in [1.82, 2.24) is 9.29 Å². The Labute approximate surface area is 150 Å². The molecule has 0 saturated carbocycles. The topological polar surface area (TPSA) is 68.2 Å². The Kier molecular flexibility index (Phi) is 4.67. The van der Waals surface area contributed by atoms with E-state index in [1.54, 1.807) is 7.05 Å². The summed E-state index contributed by atoms with van der Waals surface area (Å²) < 4.78 is 67.2. The number of alkyl halides is 3. The Bertz CT molecular complexity index is 1130. The molecule has 1 heterocycles. The molecule has 0 fully saturated rings. The molecule has 1 N–H and O–H groups in total. The van der Waals surface area contributed by atoms with Crippen molar-refractivity contribution < 1.29 is 21.6 Å². The van der Waals surface area contributed by atoms with Gasteiger partial charge in [0.25, 0.3) is 0 Å². The number of hydrogen-bond donors (Lipinski definition) is 1. The van der Waals surface area contributed by atoms with Crippen molar-refractivity contribution in [2.75, 3.05) is 0 Å². The van der Waals surface area contributed by atoms with Crippen LogP contribution in [0, 0.1) is 0 Å². The number of rotatable bonds is 4. The Morgan fingerprint density at radius 3 is 2.58 bits per heavy atom. The highest BCUT2D eigenvalue weighted by atomic mass is 32.2. The smallest absolute Gasteiger partial charge is 0.302 e. The lowest BCUT2D eigenvalue weighted by atomic mass is 10.1. The Hall–Kier alpha value is -2.17. The summed E-state index contributed by atoms with van der Waals surface area (Å²) in [7, 11) is -2.35. The fourth-order valence-corrected chi connectivity index (χ4v) is 4.44. The molecule has 0 aliphatic carbocycles. The fourth-order valence-electron chi connectivity index (χ4n) is 2.40. The molecule has 2 aromatic carbocycles. The number of aryl methyl sites for hydroxylation is 1. The minimum Gasteiger partial charge on any atom is -0.302 e. The highest BCUT2D eigenvalue weighted by molar-refractivity contribution is 7.89. The summed E-state index contributed by atoms with van der Waals surface area (Å²) in [5.41, 5.74) is -0.0460. The van der Waals surface area contributed by atoms with Crippen LogP contribution in [0.3, 0.4) is 0 Å². The van der Waals surface area contributed by atoms with Crippen molar-refractivity contribution in [3.63, 3.8) is 0 Å². The average Bonchev–Trinajstić information content (AvgIpc) is 2.86. The summed E-state index contributed by atoms with van der Waals surface area (Å²) in [4.78, 5) is 11.4. The monoisotopic (exact) mass is 402 g/mol. The zero-order valence-corrected chi connectivity index (χ0v) is 15.0. The quantitative estimate of drug-likeness (QED) is 0.729. The first kappa shape index (κ1) is 18.6. The molecule has 0 unspecified atom stereocenters. The van der Waals surface area contributed by atoms with Crippen LogP contribution in [0.2, 0.25) is 0 Å². The van der Waals surface area contributed by atoms with Gasteiger partial charge in [-0.2, -0.15) is 13.2 Å². The summed E-state index contributed by atoms with van der Waals surface area (Å²) in [5, 5.41) is 0. The highest BCUT2D eigenvalue weighted by Crippen LogP contribution is 2.29. The van der Waals surface area contributed by atoms with Crippen LogP contribution in [0.25, 0.3) is 10.2 Å². The third-order valence-electron chi connectivity index (χ3n) is 3.79. The minimum absolute atomic E-state index is 0.0566. The van der Waals surface area contributed by atoms with Crippen LogP contribution in [0.4, 0.5) is 13.2 Å². The summed E-state index contributed by atoms with van der Waals surface area (Å²) in [6.45, 7) is -0.282. The van der Waals surface area contributed by atoms with Gasteiger partial charge in [0.2, 0.25) is 10.0 Å². The molecule has 26 heavy (non-hydrogen) atoms. The first-order chi connectivity index (χ1) is 12.1. The number of thiazole rings is 1. The molecule has 0 radical (unpaired) electrons. The summed E-state index contributed by atoms with van der Waals surface area (Å²) >= 11 is 0.918. The second kappa shape index (κ2) is 6.53. The molecule has 0 saturated heterocycles. The van der Waals surface area contributed by atoms with Crippen LogP contribution in [-0.2, 0) is 29.8 Å². The van der Waals surface area contributed by atoms with E-state index < -0.39 is 21.8 Å². The van der Waals surface area contributed by atoms with E-state index in [4.69, 9.17) is 0 Å². The van der Waals surface area contributed by atoms with Crippen molar-refractivity contribution >= 4 is 31.6 Å². The van der Waals surface area contributed by atoms with Crippen molar-refractivity contribution in [2.45, 2.75) is 17.6 Å². The predicted molar refractivity (Wildman–Crippen MR) is 92.5 cm³/mol. The van der Waals surface area contributed by atoms with Crippen LogP contribution in [0.1, 0.15) is 11.1 Å². The number of hydrogen-bond acceptors (Lipinski definition) is 4. The molecule has 0 bridgehead atoms. The number of benzene rings is 2. The molecular formula is C16H13F3N2O3S2. The second-order valence-corrected chi connectivity index (χ2v) is 8.34. The van der Waals surface area contributed by atoms with Crippen LogP contribution >= 0.6 is 11.3 Å². The molecule has 5 nitrogen and oxygen atoms in total. The van der Waals surface area contributed by atoms with Crippen molar-refractivity contribution in [3.05, 3.63) is 63.3 Å². The number of halogens is 3. The molecule has 0 aliphatic rings. The second-order valence-electron chi connectivity index (χ2n) is 5.58. The van der Waals surface area contributed by atoms with E-state index in [1.165, 1.54) is 34.9 Å². The standard InChI is InChI=1S/C16H13F3N2O3S2/c1-21-13-6-5-12(8-14(13)25-15(21)22)26(23,24)20-9-10-3-2-4-11(7-10)16(17,18)19/h2-8,20H,9H2,1H3. The Balaban J connectivity index is 1.84. The van der Waals surface area contributed by atoms with E-state index in [0.717, 1.165) is 23.5 Å². The van der Waals surface area contributed by atoms with Gasteiger partial charge in [-0.15, -0.1) is 0 Å². The number of fused-ring (bicyclic) bond motifs is 1. The molecule has 3 rings (SSSR count). The SMILES string of the molecule is Cn1c(=O)sc2cc(S(=O)(=O)NCc3cccc(C(F)(F)F)c3)ccc21. The summed E-state index contributed by atoms with van der Waals surface area (Å²) in [6, 6.07) is 8.69. The van der Waals surface area contributed by atoms with Crippen molar-refractivity contribution in [3.8, 4) is 0 Å². The lowest BCUT2D eigenvalue weighted by Crippen LogP contribution is -2.23.